The highest BCUT2D eigenvalue weighted by atomic mass is 16.1. The number of carbonyl (C=O) groups excluding carboxylic acids is 1. The lowest BCUT2D eigenvalue weighted by molar-refractivity contribution is -0.117. The van der Waals surface area contributed by atoms with Gasteiger partial charge in [-0.2, -0.15) is 5.10 Å². The van der Waals surface area contributed by atoms with Crippen LogP contribution < -0.4 is 5.32 Å². The highest BCUT2D eigenvalue weighted by Gasteiger charge is 2.13. The largest absolute Gasteiger partial charge is 0.348 e. The Balaban J connectivity index is 1.45. The molecule has 0 fully saturated rings. The molecule has 4 aromatic rings. The van der Waals surface area contributed by atoms with Crippen LogP contribution in [0.15, 0.2) is 91.5 Å². The van der Waals surface area contributed by atoms with E-state index in [1.54, 1.807) is 17.1 Å². The first-order valence-corrected chi connectivity index (χ1v) is 9.60. The fourth-order valence-electron chi connectivity index (χ4n) is 3.35. The molecule has 0 aliphatic rings. The number of benzene rings is 3. The van der Waals surface area contributed by atoms with Gasteiger partial charge >= 0.3 is 0 Å². The van der Waals surface area contributed by atoms with Crippen LogP contribution in [-0.2, 0) is 17.8 Å². The third-order valence-corrected chi connectivity index (χ3v) is 4.75. The molecule has 3 aromatic carbocycles. The zero-order valence-electron chi connectivity index (χ0n) is 16.0. The smallest absolute Gasteiger partial charge is 0.244 e. The Labute approximate surface area is 169 Å². The van der Waals surface area contributed by atoms with Crippen LogP contribution in [0.1, 0.15) is 11.1 Å². The summed E-state index contributed by atoms with van der Waals surface area (Å²) in [6, 6.07) is 24.4. The minimum Gasteiger partial charge on any atom is -0.348 e. The lowest BCUT2D eigenvalue weighted by Gasteiger charge is -2.18. The number of amides is 1. The molecule has 1 unspecified atom stereocenters. The summed E-state index contributed by atoms with van der Waals surface area (Å²) in [5, 5.41) is 9.60. The predicted molar refractivity (Wildman–Crippen MR) is 115 cm³/mol. The fraction of sp³-hybridized carbons (Fsp3) is 0.125. The molecule has 0 saturated carbocycles. The number of rotatable bonds is 7. The van der Waals surface area contributed by atoms with E-state index in [1.807, 2.05) is 42.5 Å². The Morgan fingerprint density at radius 3 is 2.59 bits per heavy atom. The highest BCUT2D eigenvalue weighted by molar-refractivity contribution is 5.93. The molecular formula is C24H22N4O. The molecule has 0 aliphatic carbocycles. The van der Waals surface area contributed by atoms with Crippen molar-refractivity contribution in [2.75, 3.05) is 0 Å². The van der Waals surface area contributed by atoms with Gasteiger partial charge in [-0.05, 0) is 40.5 Å². The molecule has 1 atom stereocenters. The average Bonchev–Trinajstić information content (AvgIpc) is 3.26. The van der Waals surface area contributed by atoms with Crippen LogP contribution in [0.4, 0.5) is 0 Å². The monoisotopic (exact) mass is 382 g/mol. The van der Waals surface area contributed by atoms with Crippen molar-refractivity contribution in [3.05, 3.63) is 103 Å². The summed E-state index contributed by atoms with van der Waals surface area (Å²) in [6.07, 6.45) is 7.31. The summed E-state index contributed by atoms with van der Waals surface area (Å²) >= 11 is 0. The molecule has 1 heterocycles. The van der Waals surface area contributed by atoms with Gasteiger partial charge in [0.25, 0.3) is 0 Å². The van der Waals surface area contributed by atoms with Crippen molar-refractivity contribution in [2.45, 2.75) is 19.0 Å². The predicted octanol–water partition coefficient (Wildman–Crippen LogP) is 3.87. The van der Waals surface area contributed by atoms with E-state index in [9.17, 15) is 4.79 Å². The van der Waals surface area contributed by atoms with Gasteiger partial charge in [0.15, 0.2) is 0 Å². The second kappa shape index (κ2) is 8.97. The Hall–Kier alpha value is -3.73. The molecule has 144 valence electrons. The second-order valence-electron chi connectivity index (χ2n) is 6.95. The van der Waals surface area contributed by atoms with Crippen LogP contribution in [0.25, 0.3) is 16.8 Å². The van der Waals surface area contributed by atoms with Crippen molar-refractivity contribution < 1.29 is 4.79 Å². The Morgan fingerprint density at radius 2 is 1.79 bits per heavy atom. The number of hydrogen-bond acceptors (Lipinski definition) is 3. The Kier molecular flexibility index (Phi) is 5.76. The molecule has 1 amide bonds. The second-order valence-corrected chi connectivity index (χ2v) is 6.95. The molecule has 1 N–H and O–H groups in total. The normalized spacial score (nSPS) is 12.3. The van der Waals surface area contributed by atoms with E-state index in [0.717, 1.165) is 22.9 Å². The van der Waals surface area contributed by atoms with Gasteiger partial charge in [0.2, 0.25) is 5.91 Å². The van der Waals surface area contributed by atoms with Crippen molar-refractivity contribution in [1.82, 2.24) is 20.1 Å². The van der Waals surface area contributed by atoms with Crippen molar-refractivity contribution in [2.24, 2.45) is 0 Å². The van der Waals surface area contributed by atoms with Crippen molar-refractivity contribution in [3.8, 4) is 0 Å². The van der Waals surface area contributed by atoms with Gasteiger partial charge in [-0.3, -0.25) is 9.48 Å². The number of hydrogen-bond donors (Lipinski definition) is 1. The summed E-state index contributed by atoms with van der Waals surface area (Å²) in [7, 11) is 0. The van der Waals surface area contributed by atoms with Gasteiger partial charge < -0.3 is 5.32 Å². The van der Waals surface area contributed by atoms with E-state index < -0.39 is 0 Å². The molecule has 0 aliphatic heterocycles. The molecular weight excluding hydrogens is 360 g/mol. The maximum Gasteiger partial charge on any atom is 0.244 e. The molecule has 4 rings (SSSR count). The first-order chi connectivity index (χ1) is 14.3. The van der Waals surface area contributed by atoms with Gasteiger partial charge in [0, 0.05) is 6.08 Å². The summed E-state index contributed by atoms with van der Waals surface area (Å²) in [5.41, 5.74) is 2.16. The molecule has 0 radical (unpaired) electrons. The molecule has 5 nitrogen and oxygen atoms in total. The summed E-state index contributed by atoms with van der Waals surface area (Å²) in [6.45, 7) is 0.560. The third kappa shape index (κ3) is 5.17. The van der Waals surface area contributed by atoms with Gasteiger partial charge in [0.05, 0.1) is 12.6 Å². The number of nitrogens with one attached hydrogen (secondary N) is 1. The van der Waals surface area contributed by atoms with E-state index in [1.165, 1.54) is 11.7 Å². The molecule has 1 aromatic heterocycles. The van der Waals surface area contributed by atoms with Crippen LogP contribution in [0, 0.1) is 0 Å². The number of fused-ring (bicyclic) bond motifs is 1. The zero-order chi connectivity index (χ0) is 19.9. The van der Waals surface area contributed by atoms with E-state index in [0.29, 0.717) is 6.54 Å². The average molecular weight is 382 g/mol. The number of carbonyl (C=O) groups is 1. The van der Waals surface area contributed by atoms with Crippen molar-refractivity contribution in [3.63, 3.8) is 0 Å². The van der Waals surface area contributed by atoms with Gasteiger partial charge in [-0.15, -0.1) is 0 Å². The molecule has 5 heteroatoms. The van der Waals surface area contributed by atoms with Crippen LogP contribution in [-0.4, -0.2) is 26.7 Å². The third-order valence-electron chi connectivity index (χ3n) is 4.75. The van der Waals surface area contributed by atoms with Gasteiger partial charge in [-0.1, -0.05) is 66.7 Å². The topological polar surface area (TPSA) is 59.8 Å². The standard InChI is InChI=1S/C24H22N4O/c29-24(13-11-20-10-12-21-8-4-5-9-22(21)14-20)27-23(16-28-18-25-17-26-28)15-19-6-2-1-3-7-19/h1-14,17-18,23H,15-16H2,(H,27,29)/b13-11+. The maximum atomic E-state index is 12.6. The van der Waals surface area contributed by atoms with E-state index >= 15 is 0 Å². The van der Waals surface area contributed by atoms with E-state index in [4.69, 9.17) is 0 Å². The SMILES string of the molecule is O=C(/C=C/c1ccc2ccccc2c1)NC(Cc1ccccc1)Cn1cncn1. The maximum absolute atomic E-state index is 12.6. The van der Waals surface area contributed by atoms with Crippen LogP contribution in [0.3, 0.4) is 0 Å². The first-order valence-electron chi connectivity index (χ1n) is 9.60. The van der Waals surface area contributed by atoms with E-state index in [2.05, 4.69) is 51.8 Å². The number of nitrogens with zero attached hydrogens (tertiary/aromatic N) is 3. The Morgan fingerprint density at radius 1 is 1.00 bits per heavy atom. The summed E-state index contributed by atoms with van der Waals surface area (Å²) in [5.74, 6) is -0.126. The van der Waals surface area contributed by atoms with Crippen LogP contribution >= 0.6 is 0 Å². The number of aromatic nitrogens is 3. The van der Waals surface area contributed by atoms with Gasteiger partial charge in [-0.25, -0.2) is 4.98 Å². The van der Waals surface area contributed by atoms with E-state index in [-0.39, 0.29) is 11.9 Å². The molecule has 0 bridgehead atoms. The van der Waals surface area contributed by atoms with Gasteiger partial charge in [0.1, 0.15) is 12.7 Å². The minimum absolute atomic E-state index is 0.0900. The Bertz CT molecular complexity index is 1100. The summed E-state index contributed by atoms with van der Waals surface area (Å²) in [4.78, 5) is 16.6. The molecule has 0 saturated heterocycles. The highest BCUT2D eigenvalue weighted by Crippen LogP contribution is 2.16. The van der Waals surface area contributed by atoms with Crippen LogP contribution in [0.2, 0.25) is 0 Å². The van der Waals surface area contributed by atoms with Crippen molar-refractivity contribution >= 4 is 22.8 Å². The van der Waals surface area contributed by atoms with Crippen LogP contribution in [0.5, 0.6) is 0 Å². The van der Waals surface area contributed by atoms with Crippen molar-refractivity contribution in [1.29, 1.82) is 0 Å². The fourth-order valence-corrected chi connectivity index (χ4v) is 3.35. The lowest BCUT2D eigenvalue weighted by Crippen LogP contribution is -2.38. The minimum atomic E-state index is -0.126. The zero-order valence-corrected chi connectivity index (χ0v) is 16.0. The quantitative estimate of drug-likeness (QED) is 0.494. The lowest BCUT2D eigenvalue weighted by atomic mass is 10.1. The molecule has 0 spiro atoms. The molecule has 29 heavy (non-hydrogen) atoms. The first kappa shape index (κ1) is 18.6. The summed E-state index contributed by atoms with van der Waals surface area (Å²) < 4.78 is 1.74.